The smallest absolute Gasteiger partial charge is 0.224 e. The van der Waals surface area contributed by atoms with E-state index in [0.717, 1.165) is 19.4 Å². The molecule has 0 aliphatic heterocycles. The van der Waals surface area contributed by atoms with Crippen molar-refractivity contribution in [1.29, 1.82) is 0 Å². The lowest BCUT2D eigenvalue weighted by Gasteiger charge is -2.42. The van der Waals surface area contributed by atoms with Gasteiger partial charge in [0.05, 0.1) is 6.42 Å². The van der Waals surface area contributed by atoms with E-state index >= 15 is 0 Å². The predicted molar refractivity (Wildman–Crippen MR) is 73.3 cm³/mol. The van der Waals surface area contributed by atoms with E-state index in [1.165, 1.54) is 18.6 Å². The Labute approximate surface area is 113 Å². The third-order valence-corrected chi connectivity index (χ3v) is 3.88. The molecule has 2 N–H and O–H groups in total. The van der Waals surface area contributed by atoms with Crippen molar-refractivity contribution in [2.45, 2.75) is 25.7 Å². The zero-order chi connectivity index (χ0) is 13.7. The number of hydrogen-bond acceptors (Lipinski definition) is 2. The van der Waals surface area contributed by atoms with Gasteiger partial charge in [-0.25, -0.2) is 4.39 Å². The second-order valence-corrected chi connectivity index (χ2v) is 5.47. The maximum absolute atomic E-state index is 13.0. The Kier molecular flexibility index (Phi) is 4.53. The molecule has 3 nitrogen and oxygen atoms in total. The molecular formula is C15H21FN2O. The zero-order valence-corrected chi connectivity index (χ0v) is 11.3. The van der Waals surface area contributed by atoms with Gasteiger partial charge in [-0.2, -0.15) is 0 Å². The van der Waals surface area contributed by atoms with Gasteiger partial charge in [0.15, 0.2) is 0 Å². The Morgan fingerprint density at radius 3 is 2.74 bits per heavy atom. The van der Waals surface area contributed by atoms with Crippen molar-refractivity contribution in [3.8, 4) is 0 Å². The molecule has 0 atom stereocenters. The molecule has 0 spiro atoms. The van der Waals surface area contributed by atoms with Crippen molar-refractivity contribution in [2.24, 2.45) is 5.41 Å². The average Bonchev–Trinajstić information content (AvgIpc) is 2.32. The van der Waals surface area contributed by atoms with Gasteiger partial charge in [-0.3, -0.25) is 4.79 Å². The molecule has 0 saturated heterocycles. The lowest BCUT2D eigenvalue weighted by molar-refractivity contribution is -0.121. The average molecular weight is 264 g/mol. The molecule has 2 rings (SSSR count). The lowest BCUT2D eigenvalue weighted by atomic mass is 9.68. The van der Waals surface area contributed by atoms with Crippen LogP contribution in [-0.2, 0) is 11.2 Å². The highest BCUT2D eigenvalue weighted by Gasteiger charge is 2.36. The molecule has 0 heterocycles. The summed E-state index contributed by atoms with van der Waals surface area (Å²) in [6.07, 6.45) is 3.80. The maximum Gasteiger partial charge on any atom is 0.224 e. The van der Waals surface area contributed by atoms with E-state index < -0.39 is 0 Å². The fraction of sp³-hybridized carbons (Fsp3) is 0.533. The Bertz CT molecular complexity index is 444. The molecule has 1 aromatic rings. The van der Waals surface area contributed by atoms with Crippen LogP contribution in [0, 0.1) is 11.2 Å². The van der Waals surface area contributed by atoms with Crippen molar-refractivity contribution in [1.82, 2.24) is 10.6 Å². The van der Waals surface area contributed by atoms with E-state index in [4.69, 9.17) is 0 Å². The normalized spacial score (nSPS) is 16.7. The van der Waals surface area contributed by atoms with E-state index in [-0.39, 0.29) is 23.6 Å². The van der Waals surface area contributed by atoms with Crippen LogP contribution in [-0.4, -0.2) is 26.0 Å². The number of halogens is 1. The summed E-state index contributed by atoms with van der Waals surface area (Å²) in [5, 5.41) is 6.17. The van der Waals surface area contributed by atoms with Crippen LogP contribution < -0.4 is 10.6 Å². The summed E-state index contributed by atoms with van der Waals surface area (Å²) < 4.78 is 13.0. The third-order valence-electron chi connectivity index (χ3n) is 3.88. The van der Waals surface area contributed by atoms with Crippen LogP contribution in [0.4, 0.5) is 4.39 Å². The molecule has 19 heavy (non-hydrogen) atoms. The number of benzene rings is 1. The first-order valence-corrected chi connectivity index (χ1v) is 6.79. The summed E-state index contributed by atoms with van der Waals surface area (Å²) in [4.78, 5) is 11.9. The highest BCUT2D eigenvalue weighted by Crippen LogP contribution is 2.39. The van der Waals surface area contributed by atoms with Crippen LogP contribution in [0.5, 0.6) is 0 Å². The van der Waals surface area contributed by atoms with Crippen molar-refractivity contribution in [3.63, 3.8) is 0 Å². The van der Waals surface area contributed by atoms with Crippen LogP contribution >= 0.6 is 0 Å². The summed E-state index contributed by atoms with van der Waals surface area (Å²) in [7, 11) is 1.94. The van der Waals surface area contributed by atoms with Gasteiger partial charge in [0.25, 0.3) is 0 Å². The number of rotatable bonds is 6. The van der Waals surface area contributed by atoms with Crippen LogP contribution in [0.2, 0.25) is 0 Å². The van der Waals surface area contributed by atoms with Gasteiger partial charge in [0.1, 0.15) is 5.82 Å². The summed E-state index contributed by atoms with van der Waals surface area (Å²) in [6.45, 7) is 1.65. The van der Waals surface area contributed by atoms with E-state index in [1.807, 2.05) is 7.05 Å². The molecule has 1 saturated carbocycles. The van der Waals surface area contributed by atoms with Gasteiger partial charge < -0.3 is 10.6 Å². The molecule has 0 aromatic heterocycles. The monoisotopic (exact) mass is 264 g/mol. The molecule has 0 unspecified atom stereocenters. The quantitative estimate of drug-likeness (QED) is 0.823. The Morgan fingerprint density at radius 1 is 1.37 bits per heavy atom. The van der Waals surface area contributed by atoms with Gasteiger partial charge in [0, 0.05) is 18.5 Å². The maximum atomic E-state index is 13.0. The highest BCUT2D eigenvalue weighted by molar-refractivity contribution is 5.78. The van der Waals surface area contributed by atoms with Crippen LogP contribution in [0.3, 0.4) is 0 Å². The molecule has 1 aliphatic rings. The van der Waals surface area contributed by atoms with E-state index in [2.05, 4.69) is 10.6 Å². The Balaban J connectivity index is 1.81. The summed E-state index contributed by atoms with van der Waals surface area (Å²) in [6, 6.07) is 6.20. The molecule has 0 radical (unpaired) electrons. The second kappa shape index (κ2) is 6.15. The third kappa shape index (κ3) is 3.77. The highest BCUT2D eigenvalue weighted by atomic mass is 19.1. The largest absolute Gasteiger partial charge is 0.355 e. The molecule has 1 aliphatic carbocycles. The molecule has 1 amide bonds. The van der Waals surface area contributed by atoms with E-state index in [1.54, 1.807) is 12.1 Å². The second-order valence-electron chi connectivity index (χ2n) is 5.47. The number of carbonyl (C=O) groups is 1. The number of hydrogen-bond donors (Lipinski definition) is 2. The van der Waals surface area contributed by atoms with Gasteiger partial charge in [0.2, 0.25) is 5.91 Å². The number of nitrogens with one attached hydrogen (secondary N) is 2. The molecule has 0 bridgehead atoms. The SMILES string of the molecule is CNCC1(CNC(=O)Cc2cccc(F)c2)CCC1. The van der Waals surface area contributed by atoms with Crippen LogP contribution in [0.1, 0.15) is 24.8 Å². The first-order chi connectivity index (χ1) is 9.13. The van der Waals surface area contributed by atoms with Gasteiger partial charge in [-0.1, -0.05) is 18.6 Å². The summed E-state index contributed by atoms with van der Waals surface area (Å²) in [5.74, 6) is -0.330. The topological polar surface area (TPSA) is 41.1 Å². The van der Waals surface area contributed by atoms with E-state index in [0.29, 0.717) is 12.1 Å². The molecule has 4 heteroatoms. The standard InChI is InChI=1S/C15H21FN2O/c1-17-10-15(6-3-7-15)11-18-14(19)9-12-4-2-5-13(16)8-12/h2,4-5,8,17H,3,6-7,9-11H2,1H3,(H,18,19). The number of carbonyl (C=O) groups excluding carboxylic acids is 1. The fourth-order valence-electron chi connectivity index (χ4n) is 2.65. The van der Waals surface area contributed by atoms with Gasteiger partial charge in [-0.05, 0) is 37.6 Å². The van der Waals surface area contributed by atoms with Gasteiger partial charge >= 0.3 is 0 Å². The van der Waals surface area contributed by atoms with Crippen molar-refractivity contribution in [3.05, 3.63) is 35.6 Å². The van der Waals surface area contributed by atoms with Crippen LogP contribution in [0.15, 0.2) is 24.3 Å². The minimum Gasteiger partial charge on any atom is -0.355 e. The Morgan fingerprint density at radius 2 is 2.16 bits per heavy atom. The fourth-order valence-corrected chi connectivity index (χ4v) is 2.65. The van der Waals surface area contributed by atoms with Gasteiger partial charge in [-0.15, -0.1) is 0 Å². The minimum absolute atomic E-state index is 0.0343. The molecule has 1 aromatic carbocycles. The molecular weight excluding hydrogens is 243 g/mol. The van der Waals surface area contributed by atoms with Crippen molar-refractivity contribution in [2.75, 3.05) is 20.1 Å². The van der Waals surface area contributed by atoms with Crippen molar-refractivity contribution < 1.29 is 9.18 Å². The van der Waals surface area contributed by atoms with E-state index in [9.17, 15) is 9.18 Å². The Hall–Kier alpha value is -1.42. The minimum atomic E-state index is -0.295. The van der Waals surface area contributed by atoms with Crippen molar-refractivity contribution >= 4 is 5.91 Å². The zero-order valence-electron chi connectivity index (χ0n) is 11.3. The predicted octanol–water partition coefficient (Wildman–Crippen LogP) is 1.87. The first kappa shape index (κ1) is 14.0. The lowest BCUT2D eigenvalue weighted by Crippen LogP contribution is -2.47. The molecule has 104 valence electrons. The molecule has 1 fully saturated rings. The van der Waals surface area contributed by atoms with Crippen LogP contribution in [0.25, 0.3) is 0 Å². The number of amides is 1. The summed E-state index contributed by atoms with van der Waals surface area (Å²) in [5.41, 5.74) is 0.945. The first-order valence-electron chi connectivity index (χ1n) is 6.79. The summed E-state index contributed by atoms with van der Waals surface area (Å²) >= 11 is 0.